The number of hydrogen-bond donors (Lipinski definition) is 2. The average Bonchev–Trinajstić information content (AvgIpc) is 3.10. The van der Waals surface area contributed by atoms with Gasteiger partial charge in [0.1, 0.15) is 5.92 Å². The lowest BCUT2D eigenvalue weighted by Gasteiger charge is -2.32. The van der Waals surface area contributed by atoms with E-state index in [4.69, 9.17) is 25.8 Å². The van der Waals surface area contributed by atoms with Gasteiger partial charge in [0.2, 0.25) is 0 Å². The van der Waals surface area contributed by atoms with Gasteiger partial charge in [-0.3, -0.25) is 9.59 Å². The lowest BCUT2D eigenvalue weighted by Crippen LogP contribution is -2.39. The predicted molar refractivity (Wildman–Crippen MR) is 147 cm³/mol. The van der Waals surface area contributed by atoms with Crippen molar-refractivity contribution in [2.45, 2.75) is 19.4 Å². The SMILES string of the molecule is COC(=O)[C@H]1C(=O)C2=C(C[C@@H]1C)Nc1ccccc1N[C@@H]2c1ccc(OC(=O)c2ccc(Cl)cc2)c(OC)c1. The van der Waals surface area contributed by atoms with Gasteiger partial charge in [-0.15, -0.1) is 0 Å². The molecule has 2 N–H and O–H groups in total. The summed E-state index contributed by atoms with van der Waals surface area (Å²) in [6.07, 6.45) is 0.487. The van der Waals surface area contributed by atoms with E-state index in [9.17, 15) is 14.4 Å². The first-order valence-electron chi connectivity index (χ1n) is 12.4. The van der Waals surface area contributed by atoms with E-state index in [1.54, 1.807) is 42.5 Å². The summed E-state index contributed by atoms with van der Waals surface area (Å²) in [5, 5.41) is 7.40. The molecule has 9 heteroatoms. The van der Waals surface area contributed by atoms with Crippen molar-refractivity contribution in [3.05, 3.63) is 94.1 Å². The molecule has 8 nitrogen and oxygen atoms in total. The Morgan fingerprint density at radius 3 is 2.36 bits per heavy atom. The summed E-state index contributed by atoms with van der Waals surface area (Å²) in [5.41, 5.74) is 3.84. The van der Waals surface area contributed by atoms with Crippen molar-refractivity contribution in [3.8, 4) is 11.5 Å². The molecule has 0 saturated carbocycles. The van der Waals surface area contributed by atoms with Gasteiger partial charge in [0.15, 0.2) is 17.3 Å². The monoisotopic (exact) mass is 546 g/mol. The summed E-state index contributed by atoms with van der Waals surface area (Å²) < 4.78 is 16.2. The molecule has 3 aromatic carbocycles. The Balaban J connectivity index is 1.55. The van der Waals surface area contributed by atoms with Crippen LogP contribution in [0.5, 0.6) is 11.5 Å². The molecule has 2 aliphatic rings. The number of anilines is 2. The number of benzene rings is 3. The second-order valence-corrected chi connectivity index (χ2v) is 9.93. The number of carbonyl (C=O) groups is 3. The smallest absolute Gasteiger partial charge is 0.343 e. The van der Waals surface area contributed by atoms with Gasteiger partial charge < -0.3 is 24.8 Å². The Labute approximate surface area is 230 Å². The molecule has 1 aliphatic heterocycles. The van der Waals surface area contributed by atoms with Crippen molar-refractivity contribution in [1.29, 1.82) is 0 Å². The number of esters is 2. The maximum absolute atomic E-state index is 13.9. The molecule has 0 saturated heterocycles. The number of allylic oxidation sites excluding steroid dienone is 1. The van der Waals surface area contributed by atoms with Crippen molar-refractivity contribution in [3.63, 3.8) is 0 Å². The van der Waals surface area contributed by atoms with Gasteiger partial charge in [-0.2, -0.15) is 0 Å². The van der Waals surface area contributed by atoms with Crippen molar-refractivity contribution >= 4 is 40.7 Å². The van der Waals surface area contributed by atoms with Crippen molar-refractivity contribution in [1.82, 2.24) is 0 Å². The third-order valence-electron chi connectivity index (χ3n) is 7.03. The molecule has 200 valence electrons. The average molecular weight is 547 g/mol. The van der Waals surface area contributed by atoms with Crippen LogP contribution in [0.4, 0.5) is 11.4 Å². The van der Waals surface area contributed by atoms with Gasteiger partial charge >= 0.3 is 11.9 Å². The Morgan fingerprint density at radius 2 is 1.67 bits per heavy atom. The zero-order valence-electron chi connectivity index (χ0n) is 21.6. The first-order chi connectivity index (χ1) is 18.8. The molecule has 0 bridgehead atoms. The minimum absolute atomic E-state index is 0.221. The first-order valence-corrected chi connectivity index (χ1v) is 12.8. The maximum atomic E-state index is 13.9. The first kappa shape index (κ1) is 26.3. The highest BCUT2D eigenvalue weighted by Crippen LogP contribution is 2.45. The van der Waals surface area contributed by atoms with Crippen LogP contribution in [-0.4, -0.2) is 31.9 Å². The molecule has 1 aliphatic carbocycles. The molecule has 39 heavy (non-hydrogen) atoms. The highest BCUT2D eigenvalue weighted by Gasteiger charge is 2.44. The number of Topliss-reactive ketones (excluding diaryl/α,β-unsaturated/α-hetero) is 1. The number of halogens is 1. The summed E-state index contributed by atoms with van der Waals surface area (Å²) in [4.78, 5) is 39.2. The van der Waals surface area contributed by atoms with Gasteiger partial charge in [0.05, 0.1) is 37.2 Å². The number of nitrogens with one attached hydrogen (secondary N) is 2. The van der Waals surface area contributed by atoms with E-state index in [0.717, 1.165) is 17.1 Å². The fourth-order valence-electron chi connectivity index (χ4n) is 5.08. The van der Waals surface area contributed by atoms with E-state index in [0.29, 0.717) is 33.9 Å². The number of rotatable bonds is 5. The van der Waals surface area contributed by atoms with Crippen molar-refractivity contribution < 1.29 is 28.6 Å². The topological polar surface area (TPSA) is 103 Å². The van der Waals surface area contributed by atoms with E-state index < -0.39 is 23.9 Å². The molecule has 3 atom stereocenters. The molecule has 0 fully saturated rings. The minimum Gasteiger partial charge on any atom is -0.493 e. The van der Waals surface area contributed by atoms with Crippen LogP contribution in [0.3, 0.4) is 0 Å². The standard InChI is InChI=1S/C30H27ClN2O6/c1-16-14-22-26(28(34)25(16)30(36)38-3)27(33-21-7-5-4-6-20(21)32-22)18-10-13-23(24(15-18)37-2)39-29(35)17-8-11-19(31)12-9-17/h4-13,15-16,25,27,32-33H,14H2,1-3H3/t16-,25+,27+/m0/s1. The Morgan fingerprint density at radius 1 is 0.949 bits per heavy atom. The zero-order chi connectivity index (χ0) is 27.7. The van der Waals surface area contributed by atoms with Gasteiger partial charge in [0, 0.05) is 16.3 Å². The van der Waals surface area contributed by atoms with Crippen LogP contribution in [0.15, 0.2) is 78.0 Å². The summed E-state index contributed by atoms with van der Waals surface area (Å²) in [5.74, 6) is -2.05. The van der Waals surface area contributed by atoms with Crippen LogP contribution in [0, 0.1) is 11.8 Å². The van der Waals surface area contributed by atoms with E-state index >= 15 is 0 Å². The Bertz CT molecular complexity index is 1480. The van der Waals surface area contributed by atoms with Gasteiger partial charge in [-0.05, 0) is 66.4 Å². The second kappa shape index (κ2) is 10.8. The Hall–Kier alpha value is -4.30. The van der Waals surface area contributed by atoms with Gasteiger partial charge in [-0.25, -0.2) is 4.79 Å². The van der Waals surface area contributed by atoms with Crippen LogP contribution >= 0.6 is 11.6 Å². The summed E-state index contributed by atoms with van der Waals surface area (Å²) in [6, 6.07) is 18.5. The maximum Gasteiger partial charge on any atom is 0.343 e. The van der Waals surface area contributed by atoms with Crippen LogP contribution < -0.4 is 20.1 Å². The minimum atomic E-state index is -0.914. The van der Waals surface area contributed by atoms with Crippen LogP contribution in [0.1, 0.15) is 35.3 Å². The molecule has 0 spiro atoms. The molecule has 1 heterocycles. The van der Waals surface area contributed by atoms with Crippen LogP contribution in [0.2, 0.25) is 5.02 Å². The fourth-order valence-corrected chi connectivity index (χ4v) is 5.20. The molecule has 0 aromatic heterocycles. The van der Waals surface area contributed by atoms with Crippen molar-refractivity contribution in [2.75, 3.05) is 24.9 Å². The highest BCUT2D eigenvalue weighted by molar-refractivity contribution is 6.30. The van der Waals surface area contributed by atoms with Crippen LogP contribution in [-0.2, 0) is 14.3 Å². The van der Waals surface area contributed by atoms with E-state index in [2.05, 4.69) is 10.6 Å². The summed E-state index contributed by atoms with van der Waals surface area (Å²) >= 11 is 5.92. The number of hydrogen-bond acceptors (Lipinski definition) is 8. The molecule has 0 amide bonds. The number of carbonyl (C=O) groups excluding carboxylic acids is 3. The lowest BCUT2D eigenvalue weighted by molar-refractivity contribution is -0.151. The molecule has 0 unspecified atom stereocenters. The molecule has 5 rings (SSSR count). The quantitative estimate of drug-likeness (QED) is 0.235. The molecular formula is C30H27ClN2O6. The number of ketones is 1. The summed E-state index contributed by atoms with van der Waals surface area (Å²) in [7, 11) is 2.76. The molecule has 3 aromatic rings. The number of ether oxygens (including phenoxy) is 3. The van der Waals surface area contributed by atoms with Gasteiger partial charge in [0.25, 0.3) is 0 Å². The van der Waals surface area contributed by atoms with E-state index in [1.807, 2.05) is 31.2 Å². The largest absolute Gasteiger partial charge is 0.493 e. The number of fused-ring (bicyclic) bond motifs is 1. The fraction of sp³-hybridized carbons (Fsp3) is 0.233. The van der Waals surface area contributed by atoms with Crippen LogP contribution in [0.25, 0.3) is 0 Å². The van der Waals surface area contributed by atoms with E-state index in [-0.39, 0.29) is 17.5 Å². The third-order valence-corrected chi connectivity index (χ3v) is 7.28. The normalized spacial score (nSPS) is 20.0. The predicted octanol–water partition coefficient (Wildman–Crippen LogP) is 5.80. The number of methoxy groups -OCH3 is 2. The zero-order valence-corrected chi connectivity index (χ0v) is 22.4. The Kier molecular flexibility index (Phi) is 7.30. The van der Waals surface area contributed by atoms with E-state index in [1.165, 1.54) is 14.2 Å². The second-order valence-electron chi connectivity index (χ2n) is 9.49. The third kappa shape index (κ3) is 5.07. The lowest BCUT2D eigenvalue weighted by atomic mass is 9.75. The number of para-hydroxylation sites is 2. The van der Waals surface area contributed by atoms with Crippen molar-refractivity contribution in [2.24, 2.45) is 11.8 Å². The highest BCUT2D eigenvalue weighted by atomic mass is 35.5. The molecule has 0 radical (unpaired) electrons. The molecular weight excluding hydrogens is 520 g/mol. The summed E-state index contributed by atoms with van der Waals surface area (Å²) in [6.45, 7) is 1.87. The van der Waals surface area contributed by atoms with Gasteiger partial charge in [-0.1, -0.05) is 36.7 Å².